The first-order chi connectivity index (χ1) is 10.1. The lowest BCUT2D eigenvalue weighted by atomic mass is 10.0. The number of piperidine rings is 1. The highest BCUT2D eigenvalue weighted by Crippen LogP contribution is 2.26. The van der Waals surface area contributed by atoms with Crippen LogP contribution < -0.4 is 0 Å². The molecule has 1 atom stereocenters. The molecule has 1 unspecified atom stereocenters. The molecule has 1 aliphatic rings. The lowest BCUT2D eigenvalue weighted by Gasteiger charge is -2.30. The predicted octanol–water partition coefficient (Wildman–Crippen LogP) is 3.96. The third kappa shape index (κ3) is 2.84. The Labute approximate surface area is 123 Å². The summed E-state index contributed by atoms with van der Waals surface area (Å²) >= 11 is 0. The van der Waals surface area contributed by atoms with Gasteiger partial charge in [-0.05, 0) is 43.0 Å². The summed E-state index contributed by atoms with van der Waals surface area (Å²) in [5.74, 6) is 0.731. The van der Waals surface area contributed by atoms with Crippen molar-refractivity contribution < 1.29 is 13.6 Å². The van der Waals surface area contributed by atoms with E-state index >= 15 is 0 Å². The molecule has 0 N–H and O–H groups in total. The molecule has 2 aromatic rings. The number of carbonyl (C=O) groups excluding carboxylic acids is 1. The van der Waals surface area contributed by atoms with Gasteiger partial charge in [0.15, 0.2) is 5.76 Å². The van der Waals surface area contributed by atoms with Crippen molar-refractivity contribution in [3.05, 3.63) is 48.0 Å². The van der Waals surface area contributed by atoms with Gasteiger partial charge in [0.25, 0.3) is 5.91 Å². The first-order valence-corrected chi connectivity index (χ1v) is 7.29. The van der Waals surface area contributed by atoms with E-state index in [2.05, 4.69) is 6.92 Å². The van der Waals surface area contributed by atoms with Crippen LogP contribution in [-0.2, 0) is 0 Å². The van der Waals surface area contributed by atoms with E-state index < -0.39 is 0 Å². The summed E-state index contributed by atoms with van der Waals surface area (Å²) in [5.41, 5.74) is 0.378. The van der Waals surface area contributed by atoms with Crippen LogP contribution in [0.3, 0.4) is 0 Å². The minimum Gasteiger partial charge on any atom is -0.451 e. The fourth-order valence-electron chi connectivity index (χ4n) is 2.79. The average Bonchev–Trinajstić information content (AvgIpc) is 2.96. The van der Waals surface area contributed by atoms with E-state index in [1.807, 2.05) is 4.90 Å². The van der Waals surface area contributed by atoms with Gasteiger partial charge in [-0.15, -0.1) is 0 Å². The maximum absolute atomic E-state index is 13.7. The number of hydrogen-bond donors (Lipinski definition) is 0. The number of likely N-dealkylation sites (tertiary alicyclic amines) is 1. The summed E-state index contributed by atoms with van der Waals surface area (Å²) < 4.78 is 19.3. The lowest BCUT2D eigenvalue weighted by molar-refractivity contribution is 0.0652. The van der Waals surface area contributed by atoms with Crippen LogP contribution in [0.1, 0.15) is 30.3 Å². The van der Waals surface area contributed by atoms with Crippen molar-refractivity contribution in [1.82, 2.24) is 4.90 Å². The van der Waals surface area contributed by atoms with Gasteiger partial charge >= 0.3 is 0 Å². The molecule has 3 nitrogen and oxygen atoms in total. The van der Waals surface area contributed by atoms with E-state index in [0.29, 0.717) is 17.2 Å². The highest BCUT2D eigenvalue weighted by molar-refractivity contribution is 5.92. The van der Waals surface area contributed by atoms with Crippen LogP contribution in [0.15, 0.2) is 40.8 Å². The van der Waals surface area contributed by atoms with E-state index in [0.717, 1.165) is 25.9 Å². The quantitative estimate of drug-likeness (QED) is 0.837. The van der Waals surface area contributed by atoms with Gasteiger partial charge in [-0.2, -0.15) is 0 Å². The summed E-state index contributed by atoms with van der Waals surface area (Å²) in [4.78, 5) is 14.2. The van der Waals surface area contributed by atoms with Gasteiger partial charge in [0.1, 0.15) is 11.6 Å². The van der Waals surface area contributed by atoms with Gasteiger partial charge in [0.05, 0.1) is 5.56 Å². The summed E-state index contributed by atoms with van der Waals surface area (Å²) in [6, 6.07) is 9.68. The Balaban J connectivity index is 1.82. The fraction of sp³-hybridized carbons (Fsp3) is 0.353. The number of rotatable bonds is 2. The molecule has 2 heterocycles. The maximum atomic E-state index is 13.7. The molecular formula is C17H18FNO2. The Morgan fingerprint density at radius 1 is 1.29 bits per heavy atom. The van der Waals surface area contributed by atoms with Crippen molar-refractivity contribution in [2.45, 2.75) is 19.8 Å². The van der Waals surface area contributed by atoms with Crippen molar-refractivity contribution in [2.24, 2.45) is 5.92 Å². The molecule has 4 heteroatoms. The monoisotopic (exact) mass is 287 g/mol. The molecule has 0 saturated carbocycles. The van der Waals surface area contributed by atoms with Crippen molar-refractivity contribution in [2.75, 3.05) is 13.1 Å². The first-order valence-electron chi connectivity index (χ1n) is 7.29. The number of halogens is 1. The van der Waals surface area contributed by atoms with E-state index in [9.17, 15) is 9.18 Å². The lowest BCUT2D eigenvalue weighted by Crippen LogP contribution is -2.38. The predicted molar refractivity (Wildman–Crippen MR) is 78.4 cm³/mol. The molecule has 110 valence electrons. The summed E-state index contributed by atoms with van der Waals surface area (Å²) in [7, 11) is 0. The van der Waals surface area contributed by atoms with E-state index in [4.69, 9.17) is 4.42 Å². The van der Waals surface area contributed by atoms with Gasteiger partial charge in [0, 0.05) is 13.1 Å². The van der Waals surface area contributed by atoms with Crippen LogP contribution in [0, 0.1) is 11.7 Å². The van der Waals surface area contributed by atoms with E-state index in [-0.39, 0.29) is 17.5 Å². The third-order valence-corrected chi connectivity index (χ3v) is 3.90. The van der Waals surface area contributed by atoms with Gasteiger partial charge in [-0.1, -0.05) is 19.1 Å². The zero-order chi connectivity index (χ0) is 14.8. The second-order valence-corrected chi connectivity index (χ2v) is 5.64. The molecule has 0 aliphatic carbocycles. The zero-order valence-electron chi connectivity index (χ0n) is 12.0. The van der Waals surface area contributed by atoms with Crippen LogP contribution in [0.4, 0.5) is 4.39 Å². The molecule has 3 rings (SSSR count). The second-order valence-electron chi connectivity index (χ2n) is 5.64. The Hall–Kier alpha value is -2.10. The third-order valence-electron chi connectivity index (χ3n) is 3.90. The molecule has 1 aromatic heterocycles. The fourth-order valence-corrected chi connectivity index (χ4v) is 2.79. The molecule has 0 bridgehead atoms. The number of nitrogens with zero attached hydrogens (tertiary/aromatic N) is 1. The highest BCUT2D eigenvalue weighted by atomic mass is 19.1. The topological polar surface area (TPSA) is 33.5 Å². The standard InChI is InChI=1S/C17H18FNO2/c1-12-5-4-10-19(11-12)17(20)16-9-8-15(21-16)13-6-2-3-7-14(13)18/h2-3,6-9,12H,4-5,10-11H2,1H3. The first kappa shape index (κ1) is 13.9. The Morgan fingerprint density at radius 2 is 2.10 bits per heavy atom. The molecule has 0 radical (unpaired) electrons. The van der Waals surface area contributed by atoms with Gasteiger partial charge in [-0.25, -0.2) is 4.39 Å². The summed E-state index contributed by atoms with van der Waals surface area (Å²) in [6.45, 7) is 3.67. The largest absolute Gasteiger partial charge is 0.451 e. The van der Waals surface area contributed by atoms with Gasteiger partial charge in [0.2, 0.25) is 0 Å². The normalized spacial score (nSPS) is 18.8. The van der Waals surface area contributed by atoms with Gasteiger partial charge < -0.3 is 9.32 Å². The summed E-state index contributed by atoms with van der Waals surface area (Å²) in [6.07, 6.45) is 2.18. The average molecular weight is 287 g/mol. The molecule has 1 aliphatic heterocycles. The SMILES string of the molecule is CC1CCCN(C(=O)c2ccc(-c3ccccc3F)o2)C1. The van der Waals surface area contributed by atoms with Crippen LogP contribution in [0.25, 0.3) is 11.3 Å². The second kappa shape index (κ2) is 5.72. The molecular weight excluding hydrogens is 269 g/mol. The zero-order valence-corrected chi connectivity index (χ0v) is 12.0. The number of amides is 1. The minimum atomic E-state index is -0.350. The number of benzene rings is 1. The van der Waals surface area contributed by atoms with Crippen molar-refractivity contribution in [1.29, 1.82) is 0 Å². The summed E-state index contributed by atoms with van der Waals surface area (Å²) in [5, 5.41) is 0. The smallest absolute Gasteiger partial charge is 0.289 e. The number of hydrogen-bond acceptors (Lipinski definition) is 2. The molecule has 0 spiro atoms. The highest BCUT2D eigenvalue weighted by Gasteiger charge is 2.24. The van der Waals surface area contributed by atoms with E-state index in [1.165, 1.54) is 6.07 Å². The molecule has 1 aromatic carbocycles. The molecule has 1 amide bonds. The van der Waals surface area contributed by atoms with Crippen LogP contribution in [0.5, 0.6) is 0 Å². The maximum Gasteiger partial charge on any atom is 0.289 e. The molecule has 21 heavy (non-hydrogen) atoms. The Bertz CT molecular complexity index is 650. The molecule has 1 fully saturated rings. The van der Waals surface area contributed by atoms with Crippen LogP contribution >= 0.6 is 0 Å². The van der Waals surface area contributed by atoms with Crippen LogP contribution in [0.2, 0.25) is 0 Å². The Morgan fingerprint density at radius 3 is 2.86 bits per heavy atom. The van der Waals surface area contributed by atoms with Crippen molar-refractivity contribution in [3.8, 4) is 11.3 Å². The van der Waals surface area contributed by atoms with Crippen molar-refractivity contribution in [3.63, 3.8) is 0 Å². The molecule has 1 saturated heterocycles. The van der Waals surface area contributed by atoms with E-state index in [1.54, 1.807) is 30.3 Å². The van der Waals surface area contributed by atoms with Crippen LogP contribution in [-0.4, -0.2) is 23.9 Å². The van der Waals surface area contributed by atoms with Gasteiger partial charge in [-0.3, -0.25) is 4.79 Å². The number of carbonyl (C=O) groups is 1. The number of furan rings is 1. The Kier molecular flexibility index (Phi) is 3.78. The van der Waals surface area contributed by atoms with Crippen molar-refractivity contribution >= 4 is 5.91 Å². The minimum absolute atomic E-state index is 0.107.